The summed E-state index contributed by atoms with van der Waals surface area (Å²) in [5.74, 6) is -0.0472. The number of halogens is 1. The molecule has 130 valence electrons. The van der Waals surface area contributed by atoms with Gasteiger partial charge in [0.15, 0.2) is 0 Å². The van der Waals surface area contributed by atoms with Crippen LogP contribution in [-0.2, 0) is 13.2 Å². The van der Waals surface area contributed by atoms with Gasteiger partial charge < -0.3 is 4.74 Å². The molecule has 0 spiro atoms. The number of fused-ring (bicyclic) bond motifs is 1. The zero-order chi connectivity index (χ0) is 18.1. The molecule has 0 bridgehead atoms. The molecule has 0 aliphatic carbocycles. The molecule has 0 atom stereocenters. The van der Waals surface area contributed by atoms with E-state index >= 15 is 0 Å². The lowest BCUT2D eigenvalue weighted by Crippen LogP contribution is -2.29. The van der Waals surface area contributed by atoms with Crippen molar-refractivity contribution in [1.29, 1.82) is 0 Å². The van der Waals surface area contributed by atoms with E-state index in [2.05, 4.69) is 4.98 Å². The van der Waals surface area contributed by atoms with Crippen LogP contribution in [0, 0.1) is 0 Å². The first-order valence-electron chi connectivity index (χ1n) is 7.88. The SMILES string of the molecule is O=C1c2ccccc2C(=O)N1Cc1cc(Cl)ccc1OCc1nccs1. The Morgan fingerprint density at radius 3 is 2.46 bits per heavy atom. The van der Waals surface area contributed by atoms with Crippen molar-refractivity contribution in [2.24, 2.45) is 0 Å². The molecule has 1 aliphatic rings. The van der Waals surface area contributed by atoms with E-state index in [1.165, 1.54) is 16.2 Å². The molecule has 1 aliphatic heterocycles. The summed E-state index contributed by atoms with van der Waals surface area (Å²) in [4.78, 5) is 30.5. The van der Waals surface area contributed by atoms with Crippen LogP contribution in [0.25, 0.3) is 0 Å². The second kappa shape index (κ2) is 6.90. The van der Waals surface area contributed by atoms with Gasteiger partial charge in [0, 0.05) is 22.2 Å². The number of hydrogen-bond acceptors (Lipinski definition) is 5. The Morgan fingerprint density at radius 1 is 1.08 bits per heavy atom. The average Bonchev–Trinajstić information content (AvgIpc) is 3.25. The number of imide groups is 1. The lowest BCUT2D eigenvalue weighted by molar-refractivity contribution is 0.0641. The molecule has 26 heavy (non-hydrogen) atoms. The molecule has 0 unspecified atom stereocenters. The van der Waals surface area contributed by atoms with Crippen molar-refractivity contribution >= 4 is 34.8 Å². The maximum Gasteiger partial charge on any atom is 0.261 e. The molecule has 0 saturated carbocycles. The van der Waals surface area contributed by atoms with Gasteiger partial charge in [0.2, 0.25) is 0 Å². The molecule has 3 aromatic rings. The summed E-state index contributed by atoms with van der Waals surface area (Å²) in [6.07, 6.45) is 1.71. The number of amides is 2. The molecule has 0 radical (unpaired) electrons. The molecule has 2 aromatic carbocycles. The van der Waals surface area contributed by atoms with Crippen LogP contribution in [0.15, 0.2) is 54.0 Å². The van der Waals surface area contributed by atoms with Gasteiger partial charge in [-0.25, -0.2) is 4.98 Å². The summed E-state index contributed by atoms with van der Waals surface area (Å²) in [5.41, 5.74) is 1.51. The summed E-state index contributed by atoms with van der Waals surface area (Å²) in [5, 5.41) is 3.23. The second-order valence-corrected chi connectivity index (χ2v) is 7.12. The summed E-state index contributed by atoms with van der Waals surface area (Å²) in [6, 6.07) is 12.0. The normalized spacial score (nSPS) is 13.2. The maximum absolute atomic E-state index is 12.6. The third kappa shape index (κ3) is 3.09. The van der Waals surface area contributed by atoms with Crippen molar-refractivity contribution in [3.05, 3.63) is 80.8 Å². The van der Waals surface area contributed by atoms with Crippen molar-refractivity contribution in [2.75, 3.05) is 0 Å². The summed E-state index contributed by atoms with van der Waals surface area (Å²) in [7, 11) is 0. The van der Waals surface area contributed by atoms with Crippen LogP contribution in [0.4, 0.5) is 0 Å². The number of aromatic nitrogens is 1. The standard InChI is InChI=1S/C19H13ClN2O3S/c20-13-5-6-16(25-11-17-21-7-8-26-17)12(9-13)10-22-18(23)14-3-1-2-4-15(14)19(22)24/h1-9H,10-11H2. The number of carbonyl (C=O) groups excluding carboxylic acids is 2. The smallest absolute Gasteiger partial charge is 0.261 e. The predicted octanol–water partition coefficient (Wildman–Crippen LogP) is 4.17. The average molecular weight is 385 g/mol. The summed E-state index contributed by atoms with van der Waals surface area (Å²) >= 11 is 7.61. The van der Waals surface area contributed by atoms with Gasteiger partial charge in [-0.15, -0.1) is 11.3 Å². The van der Waals surface area contributed by atoms with Crippen LogP contribution in [0.1, 0.15) is 31.3 Å². The molecule has 2 heterocycles. The molecule has 4 rings (SSSR count). The Labute approximate surface area is 158 Å². The van der Waals surface area contributed by atoms with Crippen molar-refractivity contribution in [3.8, 4) is 5.75 Å². The maximum atomic E-state index is 12.6. The minimum absolute atomic E-state index is 0.0973. The molecule has 7 heteroatoms. The molecule has 0 saturated heterocycles. The molecule has 5 nitrogen and oxygen atoms in total. The van der Waals surface area contributed by atoms with Crippen molar-refractivity contribution in [1.82, 2.24) is 9.88 Å². The number of thiazole rings is 1. The second-order valence-electron chi connectivity index (χ2n) is 5.71. The van der Waals surface area contributed by atoms with E-state index in [1.54, 1.807) is 48.7 Å². The number of rotatable bonds is 5. The summed E-state index contributed by atoms with van der Waals surface area (Å²) in [6.45, 7) is 0.411. The quantitative estimate of drug-likeness (QED) is 0.619. The number of benzene rings is 2. The Morgan fingerprint density at radius 2 is 1.81 bits per heavy atom. The zero-order valence-corrected chi connectivity index (χ0v) is 15.1. The van der Waals surface area contributed by atoms with Crippen molar-refractivity contribution in [2.45, 2.75) is 13.2 Å². The third-order valence-electron chi connectivity index (χ3n) is 4.06. The van der Waals surface area contributed by atoms with Crippen molar-refractivity contribution in [3.63, 3.8) is 0 Å². The van der Waals surface area contributed by atoms with Crippen molar-refractivity contribution < 1.29 is 14.3 Å². The Hall–Kier alpha value is -2.70. The van der Waals surface area contributed by atoms with E-state index in [-0.39, 0.29) is 18.4 Å². The first-order chi connectivity index (χ1) is 12.6. The van der Waals surface area contributed by atoms with Crippen LogP contribution < -0.4 is 4.74 Å². The van der Waals surface area contributed by atoms with Gasteiger partial charge in [-0.05, 0) is 30.3 Å². The Kier molecular flexibility index (Phi) is 4.44. The van der Waals surface area contributed by atoms with Crippen LogP contribution in [-0.4, -0.2) is 21.7 Å². The number of nitrogens with zero attached hydrogens (tertiary/aromatic N) is 2. The number of hydrogen-bond donors (Lipinski definition) is 0. The molecular weight excluding hydrogens is 372 g/mol. The number of carbonyl (C=O) groups is 2. The van der Waals surface area contributed by atoms with Gasteiger partial charge in [-0.2, -0.15) is 0 Å². The topological polar surface area (TPSA) is 59.5 Å². The van der Waals surface area contributed by atoms with Crippen LogP contribution >= 0.6 is 22.9 Å². The lowest BCUT2D eigenvalue weighted by Gasteiger charge is -2.17. The van der Waals surface area contributed by atoms with E-state index in [1.807, 2.05) is 5.38 Å². The predicted molar refractivity (Wildman–Crippen MR) is 98.5 cm³/mol. The summed E-state index contributed by atoms with van der Waals surface area (Å²) < 4.78 is 5.83. The fraction of sp³-hybridized carbons (Fsp3) is 0.105. The largest absolute Gasteiger partial charge is 0.486 e. The van der Waals surface area contributed by atoms with Crippen LogP contribution in [0.2, 0.25) is 5.02 Å². The molecule has 0 fully saturated rings. The molecule has 2 amide bonds. The van der Waals surface area contributed by atoms with Crippen LogP contribution in [0.5, 0.6) is 5.75 Å². The Balaban J connectivity index is 1.59. The highest BCUT2D eigenvalue weighted by atomic mass is 35.5. The van der Waals surface area contributed by atoms with E-state index in [0.29, 0.717) is 34.1 Å². The van der Waals surface area contributed by atoms with E-state index in [4.69, 9.17) is 16.3 Å². The Bertz CT molecular complexity index is 953. The minimum atomic E-state index is -0.309. The van der Waals surface area contributed by atoms with Gasteiger partial charge in [0.25, 0.3) is 11.8 Å². The van der Waals surface area contributed by atoms with E-state index in [0.717, 1.165) is 5.01 Å². The highest BCUT2D eigenvalue weighted by Gasteiger charge is 2.35. The third-order valence-corrected chi connectivity index (χ3v) is 5.05. The van der Waals surface area contributed by atoms with Gasteiger partial charge in [-0.3, -0.25) is 14.5 Å². The van der Waals surface area contributed by atoms with E-state index < -0.39 is 0 Å². The first kappa shape index (κ1) is 16.8. The van der Waals surface area contributed by atoms with Gasteiger partial charge in [0.05, 0.1) is 17.7 Å². The molecular formula is C19H13ClN2O3S. The van der Waals surface area contributed by atoms with E-state index in [9.17, 15) is 9.59 Å². The van der Waals surface area contributed by atoms with Gasteiger partial charge in [0.1, 0.15) is 17.4 Å². The number of ether oxygens (including phenoxy) is 1. The van der Waals surface area contributed by atoms with Crippen LogP contribution in [0.3, 0.4) is 0 Å². The highest BCUT2D eigenvalue weighted by Crippen LogP contribution is 2.29. The molecule has 1 aromatic heterocycles. The lowest BCUT2D eigenvalue weighted by atomic mass is 10.1. The fourth-order valence-corrected chi connectivity index (χ4v) is 3.55. The monoisotopic (exact) mass is 384 g/mol. The van der Waals surface area contributed by atoms with Gasteiger partial charge >= 0.3 is 0 Å². The first-order valence-corrected chi connectivity index (χ1v) is 9.14. The molecule has 0 N–H and O–H groups in total. The minimum Gasteiger partial charge on any atom is -0.486 e. The van der Waals surface area contributed by atoms with Gasteiger partial charge in [-0.1, -0.05) is 23.7 Å². The fourth-order valence-electron chi connectivity index (χ4n) is 2.83. The highest BCUT2D eigenvalue weighted by molar-refractivity contribution is 7.09. The zero-order valence-electron chi connectivity index (χ0n) is 13.5.